The molecule has 1 aliphatic rings. The van der Waals surface area contributed by atoms with E-state index in [1.807, 2.05) is 0 Å². The quantitative estimate of drug-likeness (QED) is 0.558. The van der Waals surface area contributed by atoms with Crippen LogP contribution in [0.1, 0.15) is 44.6 Å². The van der Waals surface area contributed by atoms with Crippen molar-refractivity contribution in [3.63, 3.8) is 0 Å². The lowest BCUT2D eigenvalue weighted by Crippen LogP contribution is -2.24. The number of halogens is 3. The number of hydrogen-bond donors (Lipinski definition) is 3. The number of alkyl halides is 3. The molecule has 0 radical (unpaired) electrons. The van der Waals surface area contributed by atoms with Crippen LogP contribution in [0.5, 0.6) is 0 Å². The molecule has 168 valence electrons. The number of anilines is 3. The van der Waals surface area contributed by atoms with Crippen molar-refractivity contribution in [1.29, 1.82) is 0 Å². The van der Waals surface area contributed by atoms with Crippen LogP contribution in [0.25, 0.3) is 0 Å². The van der Waals surface area contributed by atoms with Gasteiger partial charge in [-0.05, 0) is 55.3 Å². The minimum Gasteiger partial charge on any atom is -0.381 e. The summed E-state index contributed by atoms with van der Waals surface area (Å²) in [5.74, 6) is -0.309. The highest BCUT2D eigenvalue weighted by molar-refractivity contribution is 7.92. The third kappa shape index (κ3) is 6.13. The van der Waals surface area contributed by atoms with Gasteiger partial charge in [-0.25, -0.2) is 8.42 Å². The van der Waals surface area contributed by atoms with Crippen molar-refractivity contribution >= 4 is 33.0 Å². The van der Waals surface area contributed by atoms with E-state index in [4.69, 9.17) is 0 Å². The van der Waals surface area contributed by atoms with Gasteiger partial charge < -0.3 is 10.6 Å². The van der Waals surface area contributed by atoms with Crippen LogP contribution < -0.4 is 15.4 Å². The van der Waals surface area contributed by atoms with Crippen molar-refractivity contribution in [2.75, 3.05) is 15.4 Å². The van der Waals surface area contributed by atoms with Gasteiger partial charge in [0.1, 0.15) is 0 Å². The normalized spacial score (nSPS) is 15.4. The van der Waals surface area contributed by atoms with Gasteiger partial charge in [0.05, 0.1) is 21.8 Å². The predicted molar refractivity (Wildman–Crippen MR) is 113 cm³/mol. The van der Waals surface area contributed by atoms with E-state index in [0.29, 0.717) is 11.4 Å². The Morgan fingerprint density at radius 3 is 2.19 bits per heavy atom. The average Bonchev–Trinajstić information content (AvgIpc) is 2.69. The second-order valence-corrected chi connectivity index (χ2v) is 9.23. The zero-order chi connectivity index (χ0) is 22.6. The first kappa shape index (κ1) is 22.9. The SMILES string of the molecule is CC(=O)Nc1ccc(S(=O)(=O)Nc2cc(C(F)(F)F)ccc2NC2CCCCC2)cc1. The third-order valence-corrected chi connectivity index (χ3v) is 6.42. The lowest BCUT2D eigenvalue weighted by atomic mass is 9.95. The van der Waals surface area contributed by atoms with Crippen molar-refractivity contribution in [2.24, 2.45) is 0 Å². The van der Waals surface area contributed by atoms with Crippen LogP contribution in [0, 0.1) is 0 Å². The lowest BCUT2D eigenvalue weighted by molar-refractivity contribution is -0.137. The molecule has 3 rings (SSSR count). The van der Waals surface area contributed by atoms with Crippen LogP contribution in [-0.2, 0) is 21.0 Å². The second kappa shape index (κ2) is 9.17. The monoisotopic (exact) mass is 455 g/mol. The summed E-state index contributed by atoms with van der Waals surface area (Å²) < 4.78 is 67.6. The Morgan fingerprint density at radius 1 is 0.968 bits per heavy atom. The Kier molecular flexibility index (Phi) is 6.78. The summed E-state index contributed by atoms with van der Waals surface area (Å²) in [4.78, 5) is 11.0. The molecule has 0 heterocycles. The summed E-state index contributed by atoms with van der Waals surface area (Å²) in [6, 6.07) is 8.43. The van der Waals surface area contributed by atoms with Gasteiger partial charge in [0.25, 0.3) is 10.0 Å². The molecule has 0 aliphatic heterocycles. The molecule has 0 unspecified atom stereocenters. The molecular formula is C21H24F3N3O3S. The zero-order valence-electron chi connectivity index (χ0n) is 16.9. The number of carbonyl (C=O) groups excluding carboxylic acids is 1. The van der Waals surface area contributed by atoms with E-state index in [1.54, 1.807) is 0 Å². The van der Waals surface area contributed by atoms with Crippen molar-refractivity contribution in [1.82, 2.24) is 0 Å². The maximum atomic E-state index is 13.2. The minimum atomic E-state index is -4.61. The maximum absolute atomic E-state index is 13.2. The van der Waals surface area contributed by atoms with Gasteiger partial charge in [-0.1, -0.05) is 19.3 Å². The van der Waals surface area contributed by atoms with Gasteiger partial charge >= 0.3 is 6.18 Å². The average molecular weight is 456 g/mol. The van der Waals surface area contributed by atoms with Crippen molar-refractivity contribution in [2.45, 2.75) is 56.1 Å². The number of hydrogen-bond acceptors (Lipinski definition) is 4. The summed E-state index contributed by atoms with van der Waals surface area (Å²) in [5.41, 5.74) is -0.393. The fourth-order valence-corrected chi connectivity index (χ4v) is 4.59. The van der Waals surface area contributed by atoms with Crippen LogP contribution in [-0.4, -0.2) is 20.4 Å². The van der Waals surface area contributed by atoms with Crippen LogP contribution in [0.15, 0.2) is 47.4 Å². The highest BCUT2D eigenvalue weighted by atomic mass is 32.2. The lowest BCUT2D eigenvalue weighted by Gasteiger charge is -2.26. The first-order chi connectivity index (χ1) is 14.5. The summed E-state index contributed by atoms with van der Waals surface area (Å²) in [6.45, 7) is 1.32. The molecule has 6 nitrogen and oxygen atoms in total. The molecule has 0 bridgehead atoms. The molecule has 1 aliphatic carbocycles. The van der Waals surface area contributed by atoms with Crippen LogP contribution in [0.4, 0.5) is 30.2 Å². The van der Waals surface area contributed by atoms with Gasteiger partial charge in [-0.3, -0.25) is 9.52 Å². The first-order valence-electron chi connectivity index (χ1n) is 9.93. The predicted octanol–water partition coefficient (Wildman–Crippen LogP) is 5.21. The zero-order valence-corrected chi connectivity index (χ0v) is 17.7. The standard InChI is InChI=1S/C21H24F3N3O3S/c1-14(28)25-17-8-10-18(11-9-17)31(29,30)27-20-13-15(21(22,23)24)7-12-19(20)26-16-5-3-2-4-6-16/h7-13,16,26-27H,2-6H2,1H3,(H,25,28). The van der Waals surface area contributed by atoms with E-state index in [2.05, 4.69) is 15.4 Å². The Labute approximate surface area is 179 Å². The summed E-state index contributed by atoms with van der Waals surface area (Å²) in [6.07, 6.45) is 0.276. The number of sulfonamides is 1. The number of nitrogens with one attached hydrogen (secondary N) is 3. The smallest absolute Gasteiger partial charge is 0.381 e. The largest absolute Gasteiger partial charge is 0.416 e. The highest BCUT2D eigenvalue weighted by Crippen LogP contribution is 2.36. The summed E-state index contributed by atoms with van der Waals surface area (Å²) >= 11 is 0. The molecule has 1 fully saturated rings. The van der Waals surface area contributed by atoms with Gasteiger partial charge in [0.2, 0.25) is 5.91 Å². The Bertz CT molecular complexity index is 1030. The Balaban J connectivity index is 1.90. The van der Waals surface area contributed by atoms with Gasteiger partial charge in [0.15, 0.2) is 0 Å². The van der Waals surface area contributed by atoms with E-state index < -0.39 is 21.8 Å². The molecular weight excluding hydrogens is 431 g/mol. The second-order valence-electron chi connectivity index (χ2n) is 7.55. The molecule has 0 saturated heterocycles. The molecule has 2 aromatic carbocycles. The van der Waals surface area contributed by atoms with Crippen LogP contribution in [0.2, 0.25) is 0 Å². The molecule has 0 aromatic heterocycles. The molecule has 1 saturated carbocycles. The van der Waals surface area contributed by atoms with Gasteiger partial charge in [-0.2, -0.15) is 13.2 Å². The molecule has 1 amide bonds. The number of carbonyl (C=O) groups is 1. The molecule has 10 heteroatoms. The number of amides is 1. The van der Waals surface area contributed by atoms with E-state index >= 15 is 0 Å². The van der Waals surface area contributed by atoms with Crippen LogP contribution >= 0.6 is 0 Å². The molecule has 3 N–H and O–H groups in total. The fourth-order valence-electron chi connectivity index (χ4n) is 3.52. The maximum Gasteiger partial charge on any atom is 0.416 e. The topological polar surface area (TPSA) is 87.3 Å². The van der Waals surface area contributed by atoms with Crippen LogP contribution in [0.3, 0.4) is 0 Å². The van der Waals surface area contributed by atoms with Crippen molar-refractivity contribution in [3.8, 4) is 0 Å². The van der Waals surface area contributed by atoms with Crippen molar-refractivity contribution in [3.05, 3.63) is 48.0 Å². The van der Waals surface area contributed by atoms with Crippen molar-refractivity contribution < 1.29 is 26.4 Å². The van der Waals surface area contributed by atoms with E-state index in [9.17, 15) is 26.4 Å². The molecule has 0 spiro atoms. The highest BCUT2D eigenvalue weighted by Gasteiger charge is 2.32. The van der Waals surface area contributed by atoms with E-state index in [-0.39, 0.29) is 22.5 Å². The first-order valence-corrected chi connectivity index (χ1v) is 11.4. The number of rotatable bonds is 6. The molecule has 2 aromatic rings. The Hall–Kier alpha value is -2.75. The molecule has 31 heavy (non-hydrogen) atoms. The third-order valence-electron chi connectivity index (χ3n) is 5.04. The van der Waals surface area contributed by atoms with E-state index in [1.165, 1.54) is 37.3 Å². The summed E-state index contributed by atoms with van der Waals surface area (Å²) in [7, 11) is -4.15. The summed E-state index contributed by atoms with van der Waals surface area (Å²) in [5, 5.41) is 5.71. The van der Waals surface area contributed by atoms with Gasteiger partial charge in [0, 0.05) is 18.7 Å². The fraction of sp³-hybridized carbons (Fsp3) is 0.381. The van der Waals surface area contributed by atoms with Gasteiger partial charge in [-0.15, -0.1) is 0 Å². The minimum absolute atomic E-state index is 0.0747. The van der Waals surface area contributed by atoms with E-state index in [0.717, 1.165) is 44.2 Å². The Morgan fingerprint density at radius 2 is 1.61 bits per heavy atom. The number of benzene rings is 2. The molecule has 0 atom stereocenters.